The van der Waals surface area contributed by atoms with Gasteiger partial charge in [0.2, 0.25) is 0 Å². The summed E-state index contributed by atoms with van der Waals surface area (Å²) >= 11 is 0. The SMILES string of the molecule is Cc1ccc(Oc2cc(NC(=O)c3cn(-c4ccccc4)nc3C34CC5CC(CC(C5)C3)C4)cc([N+](=O)[O-])c2)cc1. The fourth-order valence-electron chi connectivity index (χ4n) is 7.81. The molecule has 208 valence electrons. The van der Waals surface area contributed by atoms with Gasteiger partial charge in [0, 0.05) is 23.7 Å². The lowest BCUT2D eigenvalue weighted by Crippen LogP contribution is -2.49. The molecule has 1 heterocycles. The van der Waals surface area contributed by atoms with E-state index in [9.17, 15) is 14.9 Å². The molecule has 0 radical (unpaired) electrons. The molecular formula is C33H32N4O4. The van der Waals surface area contributed by atoms with Crippen molar-refractivity contribution in [3.05, 3.63) is 106 Å². The molecule has 1 amide bonds. The Kier molecular flexibility index (Phi) is 6.14. The van der Waals surface area contributed by atoms with Crippen molar-refractivity contribution in [2.24, 2.45) is 17.8 Å². The highest BCUT2D eigenvalue weighted by atomic mass is 16.6. The number of amides is 1. The van der Waals surface area contributed by atoms with E-state index < -0.39 is 4.92 Å². The number of nitrogens with one attached hydrogen (secondary N) is 1. The van der Waals surface area contributed by atoms with Crippen molar-refractivity contribution < 1.29 is 14.5 Å². The van der Waals surface area contributed by atoms with Crippen LogP contribution in [0.5, 0.6) is 11.5 Å². The van der Waals surface area contributed by atoms with E-state index in [2.05, 4.69) is 5.32 Å². The molecule has 8 rings (SSSR count). The number of aromatic nitrogens is 2. The van der Waals surface area contributed by atoms with E-state index in [4.69, 9.17) is 9.84 Å². The third-order valence-electron chi connectivity index (χ3n) is 9.14. The molecular weight excluding hydrogens is 516 g/mol. The Labute approximate surface area is 238 Å². The van der Waals surface area contributed by atoms with E-state index >= 15 is 0 Å². The smallest absolute Gasteiger partial charge is 0.275 e. The van der Waals surface area contributed by atoms with Gasteiger partial charge in [-0.25, -0.2) is 4.68 Å². The average molecular weight is 549 g/mol. The summed E-state index contributed by atoms with van der Waals surface area (Å²) in [6.45, 7) is 1.97. The van der Waals surface area contributed by atoms with Crippen LogP contribution in [0.4, 0.5) is 11.4 Å². The largest absolute Gasteiger partial charge is 0.457 e. The lowest BCUT2D eigenvalue weighted by Gasteiger charge is -2.56. The van der Waals surface area contributed by atoms with Crippen molar-refractivity contribution in [1.82, 2.24) is 9.78 Å². The van der Waals surface area contributed by atoms with Gasteiger partial charge < -0.3 is 10.1 Å². The molecule has 8 nitrogen and oxygen atoms in total. The topological polar surface area (TPSA) is 99.3 Å². The summed E-state index contributed by atoms with van der Waals surface area (Å²) in [6, 6.07) is 21.6. The molecule has 4 saturated carbocycles. The molecule has 0 spiro atoms. The molecule has 1 N–H and O–H groups in total. The minimum atomic E-state index is -0.480. The van der Waals surface area contributed by atoms with Crippen molar-refractivity contribution in [2.45, 2.75) is 50.9 Å². The number of ether oxygens (including phenoxy) is 1. The standard InChI is InChI=1S/C33H32N4O4/c1-21-7-9-28(10-8-21)41-29-15-25(14-27(16-29)37(39)40)34-32(38)30-20-36(26-5-3-2-4-6-26)35-31(30)33-17-22-11-23(18-33)13-24(12-22)19-33/h2-10,14-16,20,22-24H,11-13,17-19H2,1H3,(H,34,38). The Morgan fingerprint density at radius 1 is 0.951 bits per heavy atom. The molecule has 41 heavy (non-hydrogen) atoms. The summed E-state index contributed by atoms with van der Waals surface area (Å²) < 4.78 is 7.74. The van der Waals surface area contributed by atoms with E-state index in [0.29, 0.717) is 34.8 Å². The van der Waals surface area contributed by atoms with Crippen molar-refractivity contribution in [2.75, 3.05) is 5.32 Å². The molecule has 3 aromatic carbocycles. The molecule has 0 atom stereocenters. The number of aryl methyl sites for hydroxylation is 1. The molecule has 8 heteroatoms. The second kappa shape index (κ2) is 9.87. The van der Waals surface area contributed by atoms with Crippen LogP contribution < -0.4 is 10.1 Å². The van der Waals surface area contributed by atoms with Crippen molar-refractivity contribution in [3.8, 4) is 17.2 Å². The number of para-hydroxylation sites is 1. The zero-order valence-electron chi connectivity index (χ0n) is 23.0. The van der Waals surface area contributed by atoms with Gasteiger partial charge in [-0.2, -0.15) is 5.10 Å². The maximum Gasteiger partial charge on any atom is 0.275 e. The first-order chi connectivity index (χ1) is 19.8. The van der Waals surface area contributed by atoms with Crippen LogP contribution in [0.15, 0.2) is 79.0 Å². The van der Waals surface area contributed by atoms with Gasteiger partial charge in [-0.05, 0) is 87.5 Å². The highest BCUT2D eigenvalue weighted by molar-refractivity contribution is 6.05. The van der Waals surface area contributed by atoms with E-state index in [1.54, 1.807) is 6.07 Å². The van der Waals surface area contributed by atoms with E-state index in [-0.39, 0.29) is 22.8 Å². The number of nitro groups is 1. The van der Waals surface area contributed by atoms with Crippen LogP contribution in [0.3, 0.4) is 0 Å². The Morgan fingerprint density at radius 2 is 1.61 bits per heavy atom. The second-order valence-corrected chi connectivity index (χ2v) is 12.2. The maximum absolute atomic E-state index is 14.0. The van der Waals surface area contributed by atoms with Crippen LogP contribution in [-0.4, -0.2) is 20.6 Å². The van der Waals surface area contributed by atoms with Gasteiger partial charge in [0.25, 0.3) is 11.6 Å². The zero-order chi connectivity index (χ0) is 28.1. The summed E-state index contributed by atoms with van der Waals surface area (Å²) in [7, 11) is 0. The van der Waals surface area contributed by atoms with Gasteiger partial charge in [-0.15, -0.1) is 0 Å². The highest BCUT2D eigenvalue weighted by Gasteiger charge is 2.54. The van der Waals surface area contributed by atoms with Gasteiger partial charge in [0.15, 0.2) is 0 Å². The number of hydrogen-bond acceptors (Lipinski definition) is 5. The molecule has 4 fully saturated rings. The first kappa shape index (κ1) is 25.5. The van der Waals surface area contributed by atoms with E-state index in [1.165, 1.54) is 31.4 Å². The Balaban J connectivity index is 1.25. The third-order valence-corrected chi connectivity index (χ3v) is 9.14. The second-order valence-electron chi connectivity index (χ2n) is 12.2. The van der Waals surface area contributed by atoms with Crippen molar-refractivity contribution >= 4 is 17.3 Å². The van der Waals surface area contributed by atoms with Crippen LogP contribution in [0.25, 0.3) is 5.69 Å². The van der Waals surface area contributed by atoms with Gasteiger partial charge in [0.05, 0.1) is 33.6 Å². The highest BCUT2D eigenvalue weighted by Crippen LogP contribution is 2.61. The van der Waals surface area contributed by atoms with Gasteiger partial charge in [-0.1, -0.05) is 35.9 Å². The quantitative estimate of drug-likeness (QED) is 0.189. The Hall–Kier alpha value is -4.46. The van der Waals surface area contributed by atoms with Crippen molar-refractivity contribution in [3.63, 3.8) is 0 Å². The predicted octanol–water partition coefficient (Wildman–Crippen LogP) is 7.60. The number of anilines is 1. The number of carbonyl (C=O) groups excluding carboxylic acids is 1. The van der Waals surface area contributed by atoms with Gasteiger partial charge >= 0.3 is 0 Å². The Morgan fingerprint density at radius 3 is 2.24 bits per heavy atom. The zero-order valence-corrected chi connectivity index (χ0v) is 23.0. The molecule has 1 aromatic heterocycles. The van der Waals surface area contributed by atoms with Gasteiger partial charge in [-0.3, -0.25) is 14.9 Å². The van der Waals surface area contributed by atoms with Gasteiger partial charge in [0.1, 0.15) is 11.5 Å². The van der Waals surface area contributed by atoms with Crippen LogP contribution in [-0.2, 0) is 5.41 Å². The monoisotopic (exact) mass is 548 g/mol. The van der Waals surface area contributed by atoms with Crippen LogP contribution in [0.1, 0.15) is 60.1 Å². The van der Waals surface area contributed by atoms with Crippen LogP contribution >= 0.6 is 0 Å². The predicted molar refractivity (Wildman–Crippen MR) is 156 cm³/mol. The summed E-state index contributed by atoms with van der Waals surface area (Å²) in [5.74, 6) is 2.59. The average Bonchev–Trinajstić information content (AvgIpc) is 3.41. The van der Waals surface area contributed by atoms with Crippen LogP contribution in [0, 0.1) is 34.8 Å². The molecule has 0 saturated heterocycles. The number of benzene rings is 3. The van der Waals surface area contributed by atoms with Crippen molar-refractivity contribution in [1.29, 1.82) is 0 Å². The number of rotatable bonds is 7. The molecule has 4 aromatic rings. The first-order valence-electron chi connectivity index (χ1n) is 14.3. The summed E-state index contributed by atoms with van der Waals surface area (Å²) in [4.78, 5) is 25.3. The number of hydrogen-bond donors (Lipinski definition) is 1. The number of carbonyl (C=O) groups is 1. The van der Waals surface area contributed by atoms with Crippen LogP contribution in [0.2, 0.25) is 0 Å². The number of non-ortho nitro benzene ring substituents is 1. The number of nitro benzene ring substituents is 1. The van der Waals surface area contributed by atoms with E-state index in [1.807, 2.05) is 72.4 Å². The molecule has 0 unspecified atom stereocenters. The number of nitrogens with zero attached hydrogens (tertiary/aromatic N) is 3. The fraction of sp³-hybridized carbons (Fsp3) is 0.333. The lowest BCUT2D eigenvalue weighted by molar-refractivity contribution is -0.384. The molecule has 0 aliphatic heterocycles. The molecule has 4 aliphatic carbocycles. The third kappa shape index (κ3) is 4.88. The van der Waals surface area contributed by atoms with E-state index in [0.717, 1.165) is 36.2 Å². The summed E-state index contributed by atoms with van der Waals surface area (Å²) in [5.41, 5.74) is 3.39. The normalized spacial score (nSPS) is 24.3. The molecule has 4 bridgehead atoms. The lowest BCUT2D eigenvalue weighted by atomic mass is 9.48. The Bertz CT molecular complexity index is 1590. The summed E-state index contributed by atoms with van der Waals surface area (Å²) in [6.07, 6.45) is 8.88. The minimum absolute atomic E-state index is 0.107. The molecule has 4 aliphatic rings. The maximum atomic E-state index is 14.0. The first-order valence-corrected chi connectivity index (χ1v) is 14.3. The summed E-state index contributed by atoms with van der Waals surface area (Å²) in [5, 5.41) is 19.8. The minimum Gasteiger partial charge on any atom is -0.457 e. The fourth-order valence-corrected chi connectivity index (χ4v) is 7.81.